The number of benzene rings is 2. The number of hydrogen-bond acceptors (Lipinski definition) is 3. The van der Waals surface area contributed by atoms with Gasteiger partial charge in [-0.15, -0.1) is 0 Å². The van der Waals surface area contributed by atoms with Gasteiger partial charge in [0.15, 0.2) is 0 Å². The highest BCUT2D eigenvalue weighted by atomic mass is 35.5. The van der Waals surface area contributed by atoms with Gasteiger partial charge in [-0.3, -0.25) is 4.79 Å². The van der Waals surface area contributed by atoms with Gasteiger partial charge in [0.05, 0.1) is 17.7 Å². The first-order valence-electron chi connectivity index (χ1n) is 9.78. The van der Waals surface area contributed by atoms with E-state index in [1.165, 1.54) is 24.3 Å². The van der Waals surface area contributed by atoms with Gasteiger partial charge < -0.3 is 14.8 Å². The van der Waals surface area contributed by atoms with Gasteiger partial charge in [-0.05, 0) is 54.3 Å². The van der Waals surface area contributed by atoms with Crippen molar-refractivity contribution in [2.24, 2.45) is 0 Å². The van der Waals surface area contributed by atoms with E-state index in [0.717, 1.165) is 30.2 Å². The van der Waals surface area contributed by atoms with Crippen LogP contribution in [0.2, 0.25) is 5.02 Å². The maximum Gasteiger partial charge on any atom is 0.417 e. The molecule has 0 saturated carbocycles. The van der Waals surface area contributed by atoms with Crippen molar-refractivity contribution >= 4 is 23.6 Å². The third-order valence-corrected chi connectivity index (χ3v) is 5.81. The fourth-order valence-corrected chi connectivity index (χ4v) is 3.85. The molecule has 1 amide bonds. The molecule has 0 bridgehead atoms. The second kappa shape index (κ2) is 9.75. The van der Waals surface area contributed by atoms with E-state index in [4.69, 9.17) is 21.1 Å². The number of amides is 1. The molecule has 0 radical (unpaired) electrons. The Kier molecular flexibility index (Phi) is 7.28. The molecule has 0 unspecified atom stereocenters. The SMILES string of the molecule is COc1ccc(C2(CNC(=O)/C=C/c3ccc(Cl)c(C(F)(F)F)c3)CCOCC2)cc1. The summed E-state index contributed by atoms with van der Waals surface area (Å²) in [6.07, 6.45) is -0.503. The van der Waals surface area contributed by atoms with Crippen LogP contribution >= 0.6 is 11.6 Å². The Balaban J connectivity index is 1.70. The smallest absolute Gasteiger partial charge is 0.417 e. The lowest BCUT2D eigenvalue weighted by Gasteiger charge is -2.38. The van der Waals surface area contributed by atoms with E-state index < -0.39 is 11.7 Å². The molecule has 1 aliphatic rings. The molecule has 0 aliphatic carbocycles. The van der Waals surface area contributed by atoms with Crippen molar-refractivity contribution in [2.75, 3.05) is 26.9 Å². The summed E-state index contributed by atoms with van der Waals surface area (Å²) in [5.41, 5.74) is 0.103. The van der Waals surface area contributed by atoms with Crippen LogP contribution in [0.1, 0.15) is 29.5 Å². The average molecular weight is 454 g/mol. The highest BCUT2D eigenvalue weighted by Crippen LogP contribution is 2.36. The van der Waals surface area contributed by atoms with Gasteiger partial charge in [0.2, 0.25) is 5.91 Å². The predicted octanol–water partition coefficient (Wildman–Crippen LogP) is 5.25. The predicted molar refractivity (Wildman–Crippen MR) is 113 cm³/mol. The van der Waals surface area contributed by atoms with E-state index in [-0.39, 0.29) is 21.9 Å². The Labute approximate surface area is 184 Å². The average Bonchev–Trinajstić information content (AvgIpc) is 2.77. The Hall–Kier alpha value is -2.51. The third kappa shape index (κ3) is 5.80. The van der Waals surface area contributed by atoms with Gasteiger partial charge >= 0.3 is 6.18 Å². The van der Waals surface area contributed by atoms with Crippen molar-refractivity contribution in [2.45, 2.75) is 24.4 Å². The van der Waals surface area contributed by atoms with Gasteiger partial charge in [0.1, 0.15) is 5.75 Å². The summed E-state index contributed by atoms with van der Waals surface area (Å²) < 4.78 is 49.7. The van der Waals surface area contributed by atoms with Gasteiger partial charge in [-0.2, -0.15) is 13.2 Å². The van der Waals surface area contributed by atoms with E-state index in [0.29, 0.717) is 19.8 Å². The van der Waals surface area contributed by atoms with Crippen LogP contribution in [0, 0.1) is 0 Å². The molecule has 0 aromatic heterocycles. The molecule has 1 aliphatic heterocycles. The van der Waals surface area contributed by atoms with Crippen LogP contribution in [0.5, 0.6) is 5.75 Å². The van der Waals surface area contributed by atoms with E-state index >= 15 is 0 Å². The first-order chi connectivity index (χ1) is 14.7. The van der Waals surface area contributed by atoms with Crippen molar-refractivity contribution in [1.82, 2.24) is 5.32 Å². The Morgan fingerprint density at radius 3 is 2.48 bits per heavy atom. The lowest BCUT2D eigenvalue weighted by molar-refractivity contribution is -0.137. The zero-order chi connectivity index (χ0) is 22.5. The summed E-state index contributed by atoms with van der Waals surface area (Å²) in [4.78, 5) is 12.4. The highest BCUT2D eigenvalue weighted by molar-refractivity contribution is 6.31. The Morgan fingerprint density at radius 2 is 1.87 bits per heavy atom. The summed E-state index contributed by atoms with van der Waals surface area (Å²) in [5, 5.41) is 2.51. The normalized spacial score (nSPS) is 16.3. The molecule has 3 rings (SSSR count). The number of carbonyl (C=O) groups excluding carboxylic acids is 1. The number of carbonyl (C=O) groups is 1. The number of methoxy groups -OCH3 is 1. The lowest BCUT2D eigenvalue weighted by atomic mass is 9.74. The molecule has 1 heterocycles. The van der Waals surface area contributed by atoms with Crippen molar-refractivity contribution in [3.63, 3.8) is 0 Å². The molecule has 4 nitrogen and oxygen atoms in total. The molecule has 2 aromatic carbocycles. The van der Waals surface area contributed by atoms with Gasteiger partial charge in [0, 0.05) is 31.2 Å². The standard InChI is InChI=1S/C23H23ClF3NO3/c1-30-18-6-4-17(5-7-18)22(10-12-31-13-11-22)15-28-21(29)9-3-16-2-8-20(24)19(14-16)23(25,26)27/h2-9,14H,10-13,15H2,1H3,(H,28,29)/b9-3+. The van der Waals surface area contributed by atoms with Crippen LogP contribution in [0.4, 0.5) is 13.2 Å². The molecule has 31 heavy (non-hydrogen) atoms. The molecule has 166 valence electrons. The monoisotopic (exact) mass is 453 g/mol. The molecule has 1 N–H and O–H groups in total. The van der Waals surface area contributed by atoms with Crippen LogP contribution in [-0.2, 0) is 21.1 Å². The van der Waals surface area contributed by atoms with Crippen LogP contribution in [0.3, 0.4) is 0 Å². The minimum Gasteiger partial charge on any atom is -0.497 e. The van der Waals surface area contributed by atoms with Crippen LogP contribution in [0.25, 0.3) is 6.08 Å². The Bertz CT molecular complexity index is 936. The summed E-state index contributed by atoms with van der Waals surface area (Å²) >= 11 is 5.63. The number of rotatable bonds is 6. The number of alkyl halides is 3. The first-order valence-corrected chi connectivity index (χ1v) is 10.2. The second-order valence-electron chi connectivity index (χ2n) is 7.41. The third-order valence-electron chi connectivity index (χ3n) is 5.48. The second-order valence-corrected chi connectivity index (χ2v) is 7.82. The molecule has 2 aromatic rings. The van der Waals surface area contributed by atoms with Gasteiger partial charge in [-0.25, -0.2) is 0 Å². The lowest BCUT2D eigenvalue weighted by Crippen LogP contribution is -2.44. The zero-order valence-corrected chi connectivity index (χ0v) is 17.7. The topological polar surface area (TPSA) is 47.6 Å². The molecular formula is C23H23ClF3NO3. The molecule has 1 fully saturated rings. The van der Waals surface area contributed by atoms with Gasteiger partial charge in [0.25, 0.3) is 0 Å². The van der Waals surface area contributed by atoms with Crippen molar-refractivity contribution in [3.8, 4) is 5.75 Å². The van der Waals surface area contributed by atoms with Crippen LogP contribution < -0.4 is 10.1 Å². The quantitative estimate of drug-likeness (QED) is 0.608. The number of hydrogen-bond donors (Lipinski definition) is 1. The molecule has 8 heteroatoms. The van der Waals surface area contributed by atoms with E-state index in [2.05, 4.69) is 5.32 Å². The van der Waals surface area contributed by atoms with Gasteiger partial charge in [-0.1, -0.05) is 29.8 Å². The van der Waals surface area contributed by atoms with Crippen LogP contribution in [-0.4, -0.2) is 32.8 Å². The van der Waals surface area contributed by atoms with Crippen molar-refractivity contribution < 1.29 is 27.4 Å². The highest BCUT2D eigenvalue weighted by Gasteiger charge is 2.35. The zero-order valence-electron chi connectivity index (χ0n) is 17.0. The summed E-state index contributed by atoms with van der Waals surface area (Å²) in [6, 6.07) is 11.3. The minimum absolute atomic E-state index is 0.239. The summed E-state index contributed by atoms with van der Waals surface area (Å²) in [5.74, 6) is 0.363. The largest absolute Gasteiger partial charge is 0.497 e. The maximum absolute atomic E-state index is 13.0. The van der Waals surface area contributed by atoms with Crippen molar-refractivity contribution in [3.05, 3.63) is 70.3 Å². The molecular weight excluding hydrogens is 431 g/mol. The van der Waals surface area contributed by atoms with Crippen LogP contribution in [0.15, 0.2) is 48.5 Å². The summed E-state index contributed by atoms with van der Waals surface area (Å²) in [7, 11) is 1.60. The van der Waals surface area contributed by atoms with E-state index in [9.17, 15) is 18.0 Å². The number of ether oxygens (including phenoxy) is 2. The molecule has 0 spiro atoms. The fourth-order valence-electron chi connectivity index (χ4n) is 3.63. The molecule has 0 atom stereocenters. The Morgan fingerprint density at radius 1 is 1.19 bits per heavy atom. The summed E-state index contributed by atoms with van der Waals surface area (Å²) in [6.45, 7) is 1.56. The fraction of sp³-hybridized carbons (Fsp3) is 0.348. The molecule has 1 saturated heterocycles. The maximum atomic E-state index is 13.0. The first kappa shape index (κ1) is 23.2. The van der Waals surface area contributed by atoms with E-state index in [1.54, 1.807) is 7.11 Å². The van der Waals surface area contributed by atoms with E-state index in [1.807, 2.05) is 24.3 Å². The number of halogens is 4. The number of nitrogens with one attached hydrogen (secondary N) is 1. The minimum atomic E-state index is -4.56. The van der Waals surface area contributed by atoms with Crippen molar-refractivity contribution in [1.29, 1.82) is 0 Å².